The average Bonchev–Trinajstić information content (AvgIpc) is 2.94. The number of carbonyl (C=O) groups is 1. The van der Waals surface area contributed by atoms with Gasteiger partial charge in [0.25, 0.3) is 15.9 Å². The maximum absolute atomic E-state index is 14.2. The van der Waals surface area contributed by atoms with Crippen molar-refractivity contribution < 1.29 is 27.8 Å². The van der Waals surface area contributed by atoms with E-state index in [-0.39, 0.29) is 46.8 Å². The Balaban J connectivity index is 2.00. The van der Waals surface area contributed by atoms with Crippen LogP contribution in [0.15, 0.2) is 47.4 Å². The van der Waals surface area contributed by atoms with Crippen molar-refractivity contribution in [3.05, 3.63) is 53.6 Å². The minimum absolute atomic E-state index is 0.0169. The number of likely N-dealkylation sites (N-methyl/N-ethyl adjacent to an activating group) is 1. The first-order valence-corrected chi connectivity index (χ1v) is 16.6. The second-order valence-corrected chi connectivity index (χ2v) is 13.4. The molecule has 0 saturated carbocycles. The quantitative estimate of drug-likeness (QED) is 0.418. The van der Waals surface area contributed by atoms with E-state index in [2.05, 4.69) is 30.5 Å². The third-order valence-corrected chi connectivity index (χ3v) is 9.13. The molecule has 0 aromatic heterocycles. The Kier molecular flexibility index (Phi) is 12.7. The molecule has 0 fully saturated rings. The minimum atomic E-state index is -3.88. The summed E-state index contributed by atoms with van der Waals surface area (Å²) in [5.41, 5.74) is 1.46. The van der Waals surface area contributed by atoms with Crippen molar-refractivity contribution in [2.45, 2.75) is 83.4 Å². The topological polar surface area (TPSA) is 108 Å². The zero-order chi connectivity index (χ0) is 30.9. The molecule has 4 atom stereocenters. The van der Waals surface area contributed by atoms with E-state index in [0.29, 0.717) is 18.9 Å². The Bertz CT molecular complexity index is 1250. The van der Waals surface area contributed by atoms with E-state index in [1.165, 1.54) is 6.07 Å². The lowest BCUT2D eigenvalue weighted by atomic mass is 10.0. The van der Waals surface area contributed by atoms with Crippen LogP contribution in [0.5, 0.6) is 5.75 Å². The molecule has 0 unspecified atom stereocenters. The van der Waals surface area contributed by atoms with Gasteiger partial charge in [-0.05, 0) is 90.4 Å². The molecule has 2 N–H and O–H groups in total. The Labute approximate surface area is 252 Å². The van der Waals surface area contributed by atoms with Crippen molar-refractivity contribution in [2.75, 3.05) is 44.6 Å². The number of aryl methyl sites for hydroxylation is 1. The van der Waals surface area contributed by atoms with E-state index < -0.39 is 16.1 Å². The minimum Gasteiger partial charge on any atom is -0.490 e. The van der Waals surface area contributed by atoms with Crippen LogP contribution in [0.1, 0.15) is 69.3 Å². The number of nitrogens with one attached hydrogen (secondary N) is 1. The van der Waals surface area contributed by atoms with Gasteiger partial charge in [0.2, 0.25) is 0 Å². The van der Waals surface area contributed by atoms with Gasteiger partial charge in [-0.3, -0.25) is 9.52 Å². The SMILES string of the molecule is CCCN(C)C[C@H]1OCCCC[C@@H](C)Oc2ccc(NS(=O)(=O)c3ccc(C)cc3)cc2C(=O)N([C@@H](C)CO)C[C@H]1C. The molecule has 2 aromatic rings. The van der Waals surface area contributed by atoms with Crippen LogP contribution in [-0.4, -0.2) is 87.4 Å². The van der Waals surface area contributed by atoms with Crippen molar-refractivity contribution >= 4 is 21.6 Å². The Morgan fingerprint density at radius 3 is 2.52 bits per heavy atom. The second-order valence-electron chi connectivity index (χ2n) is 11.7. The summed E-state index contributed by atoms with van der Waals surface area (Å²) >= 11 is 0. The van der Waals surface area contributed by atoms with Gasteiger partial charge in [0.05, 0.1) is 35.3 Å². The van der Waals surface area contributed by atoms with Crippen LogP contribution >= 0.6 is 0 Å². The Hall–Kier alpha value is -2.66. The van der Waals surface area contributed by atoms with Gasteiger partial charge in [-0.2, -0.15) is 0 Å². The molecule has 234 valence electrons. The summed E-state index contributed by atoms with van der Waals surface area (Å²) < 4.78 is 41.5. The summed E-state index contributed by atoms with van der Waals surface area (Å²) in [6.07, 6.45) is 3.38. The number of fused-ring (bicyclic) bond motifs is 1. The van der Waals surface area contributed by atoms with Gasteiger partial charge in [0, 0.05) is 31.3 Å². The van der Waals surface area contributed by atoms with Crippen molar-refractivity contribution in [2.24, 2.45) is 5.92 Å². The van der Waals surface area contributed by atoms with Gasteiger partial charge in [0.15, 0.2) is 0 Å². The first-order chi connectivity index (χ1) is 19.9. The number of anilines is 1. The molecule has 3 rings (SSSR count). The molecule has 1 amide bonds. The molecule has 1 heterocycles. The number of aliphatic hydroxyl groups excluding tert-OH is 1. The number of carbonyl (C=O) groups excluding carboxylic acids is 1. The molecule has 42 heavy (non-hydrogen) atoms. The van der Waals surface area contributed by atoms with Gasteiger partial charge < -0.3 is 24.4 Å². The Morgan fingerprint density at radius 1 is 1.14 bits per heavy atom. The first kappa shape index (κ1) is 33.8. The summed E-state index contributed by atoms with van der Waals surface area (Å²) in [6.45, 7) is 12.4. The molecule has 0 bridgehead atoms. The lowest BCUT2D eigenvalue weighted by Gasteiger charge is -2.35. The zero-order valence-corrected chi connectivity index (χ0v) is 26.8. The van der Waals surface area contributed by atoms with Crippen molar-refractivity contribution in [3.63, 3.8) is 0 Å². The number of aliphatic hydroxyl groups is 1. The lowest BCUT2D eigenvalue weighted by Crippen LogP contribution is -2.47. The highest BCUT2D eigenvalue weighted by atomic mass is 32.2. The number of sulfonamides is 1. The molecular formula is C32H49N3O6S. The van der Waals surface area contributed by atoms with Crippen molar-refractivity contribution in [3.8, 4) is 5.75 Å². The van der Waals surface area contributed by atoms with Gasteiger partial charge in [0.1, 0.15) is 5.75 Å². The molecule has 0 spiro atoms. The van der Waals surface area contributed by atoms with Crippen LogP contribution in [0, 0.1) is 12.8 Å². The fraction of sp³-hybridized carbons (Fsp3) is 0.594. The predicted molar refractivity (Wildman–Crippen MR) is 167 cm³/mol. The number of amides is 1. The predicted octanol–water partition coefficient (Wildman–Crippen LogP) is 4.93. The summed E-state index contributed by atoms with van der Waals surface area (Å²) in [7, 11) is -1.80. The molecule has 0 saturated heterocycles. The van der Waals surface area contributed by atoms with Crippen LogP contribution in [0.4, 0.5) is 5.69 Å². The largest absolute Gasteiger partial charge is 0.490 e. The average molecular weight is 604 g/mol. The van der Waals surface area contributed by atoms with Crippen LogP contribution in [-0.2, 0) is 14.8 Å². The number of hydrogen-bond donors (Lipinski definition) is 2. The normalized spacial score (nSPS) is 21.8. The van der Waals surface area contributed by atoms with Crippen LogP contribution in [0.2, 0.25) is 0 Å². The maximum Gasteiger partial charge on any atom is 0.261 e. The Morgan fingerprint density at radius 2 is 1.86 bits per heavy atom. The molecule has 1 aliphatic rings. The van der Waals surface area contributed by atoms with E-state index in [1.807, 2.05) is 13.8 Å². The molecule has 9 nitrogen and oxygen atoms in total. The van der Waals surface area contributed by atoms with Gasteiger partial charge in [-0.15, -0.1) is 0 Å². The zero-order valence-electron chi connectivity index (χ0n) is 26.0. The van der Waals surface area contributed by atoms with E-state index in [0.717, 1.165) is 44.3 Å². The second kappa shape index (κ2) is 15.7. The van der Waals surface area contributed by atoms with E-state index in [4.69, 9.17) is 9.47 Å². The van der Waals surface area contributed by atoms with Gasteiger partial charge in [-0.25, -0.2) is 8.42 Å². The standard InChI is InChI=1S/C32H49N3O6S/c1-7-17-34(6)21-31-24(3)20-35(25(4)22-36)32(37)29-19-27(33-42(38,39)28-14-11-23(2)12-15-28)13-16-30(29)41-26(5)10-8-9-18-40-31/h11-16,19,24-26,31,33,36H,7-10,17-18,20-22H2,1-6H3/t24-,25+,26-,31-/m1/s1. The highest BCUT2D eigenvalue weighted by Gasteiger charge is 2.30. The lowest BCUT2D eigenvalue weighted by molar-refractivity contribution is -0.0167. The van der Waals surface area contributed by atoms with Crippen molar-refractivity contribution in [1.82, 2.24) is 9.80 Å². The van der Waals surface area contributed by atoms with Crippen LogP contribution in [0.3, 0.4) is 0 Å². The summed E-state index contributed by atoms with van der Waals surface area (Å²) in [6, 6.07) is 10.9. The van der Waals surface area contributed by atoms with Gasteiger partial charge in [-0.1, -0.05) is 31.5 Å². The monoisotopic (exact) mass is 603 g/mol. The number of hydrogen-bond acceptors (Lipinski definition) is 7. The molecule has 2 aromatic carbocycles. The molecule has 0 radical (unpaired) electrons. The smallest absolute Gasteiger partial charge is 0.261 e. The summed E-state index contributed by atoms with van der Waals surface area (Å²) in [5.74, 6) is 0.0394. The molecule has 0 aliphatic carbocycles. The first-order valence-electron chi connectivity index (χ1n) is 15.1. The number of benzene rings is 2. The highest BCUT2D eigenvalue weighted by Crippen LogP contribution is 2.29. The summed E-state index contributed by atoms with van der Waals surface area (Å²) in [4.78, 5) is 18.3. The van der Waals surface area contributed by atoms with Gasteiger partial charge >= 0.3 is 0 Å². The third-order valence-electron chi connectivity index (χ3n) is 7.73. The van der Waals surface area contributed by atoms with Crippen LogP contribution < -0.4 is 9.46 Å². The fourth-order valence-electron chi connectivity index (χ4n) is 5.16. The van der Waals surface area contributed by atoms with E-state index >= 15 is 0 Å². The van der Waals surface area contributed by atoms with Crippen molar-refractivity contribution in [1.29, 1.82) is 0 Å². The molecular weight excluding hydrogens is 554 g/mol. The highest BCUT2D eigenvalue weighted by molar-refractivity contribution is 7.92. The summed E-state index contributed by atoms with van der Waals surface area (Å²) in [5, 5.41) is 10.1. The number of rotatable bonds is 9. The fourth-order valence-corrected chi connectivity index (χ4v) is 6.21. The molecule has 1 aliphatic heterocycles. The maximum atomic E-state index is 14.2. The third kappa shape index (κ3) is 9.42. The number of ether oxygens (including phenoxy) is 2. The van der Waals surface area contributed by atoms with E-state index in [1.54, 1.807) is 48.2 Å². The number of nitrogens with zero attached hydrogens (tertiary/aromatic N) is 2. The van der Waals surface area contributed by atoms with E-state index in [9.17, 15) is 18.3 Å². The molecule has 10 heteroatoms. The van der Waals surface area contributed by atoms with Crippen LogP contribution in [0.25, 0.3) is 0 Å².